The lowest BCUT2D eigenvalue weighted by Crippen LogP contribution is -2.50. The molecule has 1 amide bonds. The third-order valence-electron chi connectivity index (χ3n) is 4.03. The van der Waals surface area contributed by atoms with Crippen LogP contribution in [0.25, 0.3) is 0 Å². The molecule has 1 heterocycles. The third-order valence-corrected chi connectivity index (χ3v) is 5.23. The molecule has 1 aliphatic heterocycles. The Bertz CT molecular complexity index is 321. The van der Waals surface area contributed by atoms with E-state index in [0.717, 1.165) is 32.2 Å². The summed E-state index contributed by atoms with van der Waals surface area (Å²) >= 11 is 1.57. The maximum Gasteiger partial charge on any atom is 0.235 e. The predicted octanol–water partition coefficient (Wildman–Crippen LogP) is 2.38. The van der Waals surface area contributed by atoms with Crippen LogP contribution in [0.3, 0.4) is 0 Å². The highest BCUT2D eigenvalue weighted by Crippen LogP contribution is 2.21. The lowest BCUT2D eigenvalue weighted by molar-refractivity contribution is -0.123. The fraction of sp³-hybridized carbons (Fsp3) is 0.938. The van der Waals surface area contributed by atoms with E-state index in [0.29, 0.717) is 6.54 Å². The molecule has 0 aromatic rings. The summed E-state index contributed by atoms with van der Waals surface area (Å²) in [4.78, 5) is 14.5. The molecule has 21 heavy (non-hydrogen) atoms. The molecule has 0 bridgehead atoms. The van der Waals surface area contributed by atoms with Gasteiger partial charge in [-0.15, -0.1) is 11.8 Å². The second-order valence-corrected chi connectivity index (χ2v) is 8.18. The Morgan fingerprint density at radius 3 is 2.81 bits per heavy atom. The zero-order valence-electron chi connectivity index (χ0n) is 14.3. The van der Waals surface area contributed by atoms with Gasteiger partial charge in [-0.1, -0.05) is 13.8 Å². The molecule has 0 saturated carbocycles. The summed E-state index contributed by atoms with van der Waals surface area (Å²) in [5, 5.41) is 3.03. The van der Waals surface area contributed by atoms with E-state index in [1.165, 1.54) is 12.8 Å². The summed E-state index contributed by atoms with van der Waals surface area (Å²) in [6.07, 6.45) is 4.61. The Morgan fingerprint density at radius 1 is 1.48 bits per heavy atom. The first-order valence-electron chi connectivity index (χ1n) is 8.02. The van der Waals surface area contributed by atoms with Crippen LogP contribution in [0.5, 0.6) is 0 Å². The fourth-order valence-corrected chi connectivity index (χ4v) is 2.60. The van der Waals surface area contributed by atoms with Crippen LogP contribution in [0.15, 0.2) is 0 Å². The lowest BCUT2D eigenvalue weighted by atomic mass is 10.1. The third kappa shape index (κ3) is 7.02. The van der Waals surface area contributed by atoms with Gasteiger partial charge >= 0.3 is 0 Å². The summed E-state index contributed by atoms with van der Waals surface area (Å²) < 4.78 is 5.40. The van der Waals surface area contributed by atoms with Crippen molar-refractivity contribution in [3.8, 4) is 0 Å². The van der Waals surface area contributed by atoms with E-state index in [1.54, 1.807) is 11.8 Å². The van der Waals surface area contributed by atoms with Crippen molar-refractivity contribution < 1.29 is 9.53 Å². The fourth-order valence-electron chi connectivity index (χ4n) is 2.34. The van der Waals surface area contributed by atoms with Gasteiger partial charge in [0.2, 0.25) is 5.91 Å². The first kappa shape index (κ1) is 18.8. The summed E-state index contributed by atoms with van der Waals surface area (Å²) in [5.74, 6) is 0.866. The number of nitrogens with zero attached hydrogens (tertiary/aromatic N) is 1. The zero-order valence-corrected chi connectivity index (χ0v) is 15.1. The minimum absolute atomic E-state index is 0.0931. The number of carbonyl (C=O) groups is 1. The second kappa shape index (κ2) is 9.01. The van der Waals surface area contributed by atoms with Crippen molar-refractivity contribution in [1.29, 1.82) is 0 Å². The molecule has 1 fully saturated rings. The number of carbonyl (C=O) groups excluding carboxylic acids is 1. The van der Waals surface area contributed by atoms with Crippen LogP contribution < -0.4 is 5.32 Å². The van der Waals surface area contributed by atoms with E-state index in [-0.39, 0.29) is 16.8 Å². The van der Waals surface area contributed by atoms with Gasteiger partial charge in [0.05, 0.1) is 17.5 Å². The molecule has 0 unspecified atom stereocenters. The number of morpholine rings is 1. The number of rotatable bonds is 8. The van der Waals surface area contributed by atoms with Crippen LogP contribution in [0.2, 0.25) is 0 Å². The SMILES string of the molecule is CSC(C)(C)C(=O)NC[C@@H]1CN(CCCC(C)C)CCO1. The van der Waals surface area contributed by atoms with Crippen molar-refractivity contribution in [2.75, 3.05) is 39.0 Å². The maximum absolute atomic E-state index is 12.1. The highest BCUT2D eigenvalue weighted by atomic mass is 32.2. The van der Waals surface area contributed by atoms with Crippen molar-refractivity contribution in [3.05, 3.63) is 0 Å². The molecule has 0 spiro atoms. The highest BCUT2D eigenvalue weighted by molar-refractivity contribution is 8.00. The van der Waals surface area contributed by atoms with Gasteiger partial charge in [-0.3, -0.25) is 9.69 Å². The van der Waals surface area contributed by atoms with Gasteiger partial charge < -0.3 is 10.1 Å². The summed E-state index contributed by atoms with van der Waals surface area (Å²) in [6.45, 7) is 12.9. The first-order chi connectivity index (χ1) is 9.85. The van der Waals surface area contributed by atoms with Crippen LogP contribution in [-0.4, -0.2) is 60.7 Å². The van der Waals surface area contributed by atoms with Gasteiger partial charge in [0.1, 0.15) is 0 Å². The summed E-state index contributed by atoms with van der Waals surface area (Å²) in [7, 11) is 0. The Balaban J connectivity index is 2.28. The van der Waals surface area contributed by atoms with E-state index in [1.807, 2.05) is 20.1 Å². The Labute approximate surface area is 134 Å². The Morgan fingerprint density at radius 2 is 2.19 bits per heavy atom. The average Bonchev–Trinajstić information content (AvgIpc) is 2.44. The molecule has 0 aliphatic carbocycles. The molecule has 0 radical (unpaired) electrons. The standard InChI is InChI=1S/C16H32N2O2S/c1-13(2)7-6-8-18-9-10-20-14(12-18)11-17-15(19)16(3,4)21-5/h13-14H,6-12H2,1-5H3,(H,17,19)/t14-/m1/s1. The molecule has 124 valence electrons. The molecule has 1 rings (SSSR count). The van der Waals surface area contributed by atoms with Crippen molar-refractivity contribution in [3.63, 3.8) is 0 Å². The minimum Gasteiger partial charge on any atom is -0.374 e. The molecule has 1 atom stereocenters. The van der Waals surface area contributed by atoms with Crippen LogP contribution in [-0.2, 0) is 9.53 Å². The summed E-state index contributed by atoms with van der Waals surface area (Å²) in [6, 6.07) is 0. The molecule has 0 aromatic heterocycles. The molecule has 1 aliphatic rings. The highest BCUT2D eigenvalue weighted by Gasteiger charge is 2.27. The van der Waals surface area contributed by atoms with Crippen LogP contribution >= 0.6 is 11.8 Å². The van der Waals surface area contributed by atoms with E-state index in [4.69, 9.17) is 4.74 Å². The van der Waals surface area contributed by atoms with E-state index >= 15 is 0 Å². The molecule has 0 aromatic carbocycles. The van der Waals surface area contributed by atoms with Gasteiger partial charge in [-0.2, -0.15) is 0 Å². The van der Waals surface area contributed by atoms with Crippen molar-refractivity contribution in [1.82, 2.24) is 10.2 Å². The average molecular weight is 317 g/mol. The van der Waals surface area contributed by atoms with E-state index in [9.17, 15) is 4.79 Å². The molecule has 1 N–H and O–H groups in total. The largest absolute Gasteiger partial charge is 0.374 e. The second-order valence-electron chi connectivity index (χ2n) is 6.75. The van der Waals surface area contributed by atoms with Gasteiger partial charge in [-0.05, 0) is 45.4 Å². The lowest BCUT2D eigenvalue weighted by Gasteiger charge is -2.33. The topological polar surface area (TPSA) is 41.6 Å². The number of hydrogen-bond donors (Lipinski definition) is 1. The van der Waals surface area contributed by atoms with Gasteiger partial charge in [0.15, 0.2) is 0 Å². The van der Waals surface area contributed by atoms with E-state index < -0.39 is 0 Å². The number of ether oxygens (including phenoxy) is 1. The predicted molar refractivity (Wildman–Crippen MR) is 90.9 cm³/mol. The molecular formula is C16H32N2O2S. The zero-order chi connectivity index (χ0) is 15.9. The van der Waals surface area contributed by atoms with Crippen LogP contribution in [0.1, 0.15) is 40.5 Å². The Kier molecular flexibility index (Phi) is 8.06. The van der Waals surface area contributed by atoms with Gasteiger partial charge in [-0.25, -0.2) is 0 Å². The number of nitrogens with one attached hydrogen (secondary N) is 1. The number of amides is 1. The van der Waals surface area contributed by atoms with Crippen molar-refractivity contribution in [2.45, 2.75) is 51.4 Å². The summed E-state index contributed by atoms with van der Waals surface area (Å²) in [5.41, 5.74) is 0. The smallest absolute Gasteiger partial charge is 0.235 e. The number of hydrogen-bond acceptors (Lipinski definition) is 4. The maximum atomic E-state index is 12.1. The van der Waals surface area contributed by atoms with Crippen molar-refractivity contribution >= 4 is 17.7 Å². The van der Waals surface area contributed by atoms with Crippen LogP contribution in [0.4, 0.5) is 0 Å². The molecular weight excluding hydrogens is 284 g/mol. The quantitative estimate of drug-likeness (QED) is 0.746. The molecule has 4 nitrogen and oxygen atoms in total. The van der Waals surface area contributed by atoms with Gasteiger partial charge in [0, 0.05) is 19.6 Å². The first-order valence-corrected chi connectivity index (χ1v) is 9.25. The monoisotopic (exact) mass is 316 g/mol. The molecule has 1 saturated heterocycles. The normalized spacial score (nSPS) is 20.8. The minimum atomic E-state index is -0.369. The number of thioether (sulfide) groups is 1. The molecule has 5 heteroatoms. The Hall–Kier alpha value is -0.260. The van der Waals surface area contributed by atoms with Crippen LogP contribution in [0, 0.1) is 5.92 Å². The van der Waals surface area contributed by atoms with E-state index in [2.05, 4.69) is 24.1 Å². The van der Waals surface area contributed by atoms with Gasteiger partial charge in [0.25, 0.3) is 0 Å². The van der Waals surface area contributed by atoms with Crippen molar-refractivity contribution in [2.24, 2.45) is 5.92 Å².